The number of rotatable bonds is 4. The van der Waals surface area contributed by atoms with Gasteiger partial charge in [0.25, 0.3) is 0 Å². The average Bonchev–Trinajstić information content (AvgIpc) is 2.61. The smallest absolute Gasteiger partial charge is 0.128 e. The van der Waals surface area contributed by atoms with Crippen LogP contribution in [0.25, 0.3) is 0 Å². The molecule has 0 spiro atoms. The summed E-state index contributed by atoms with van der Waals surface area (Å²) in [7, 11) is 0. The second-order valence-electron chi connectivity index (χ2n) is 4.70. The van der Waals surface area contributed by atoms with Crippen LogP contribution in [-0.2, 0) is 11.2 Å². The molecule has 0 N–H and O–H groups in total. The second-order valence-corrected chi connectivity index (χ2v) is 6.89. The maximum absolute atomic E-state index is 9.08. The van der Waals surface area contributed by atoms with Gasteiger partial charge in [-0.3, -0.25) is 0 Å². The lowest BCUT2D eigenvalue weighted by atomic mass is 9.91. The van der Waals surface area contributed by atoms with Crippen LogP contribution in [0.5, 0.6) is 0 Å². The molecule has 0 aliphatic heterocycles. The van der Waals surface area contributed by atoms with Gasteiger partial charge in [0.05, 0.1) is 5.69 Å². The highest BCUT2D eigenvalue weighted by atomic mass is 32.2. The van der Waals surface area contributed by atoms with Crippen LogP contribution < -0.4 is 0 Å². The molecule has 0 atom stereocenters. The molecule has 1 heterocycles. The van der Waals surface area contributed by atoms with Crippen molar-refractivity contribution in [2.75, 3.05) is 5.75 Å². The van der Waals surface area contributed by atoms with Crippen molar-refractivity contribution in [2.24, 2.45) is 0 Å². The van der Waals surface area contributed by atoms with Crippen molar-refractivity contribution in [1.82, 2.24) is 4.98 Å². The monoisotopic (exact) mass is 254 g/mol. The summed E-state index contributed by atoms with van der Waals surface area (Å²) in [4.78, 5) is 5.38. The largest absolute Gasteiger partial charge is 0.243 e. The van der Waals surface area contributed by atoms with E-state index in [1.807, 2.05) is 11.8 Å². The zero-order valence-electron chi connectivity index (χ0n) is 10.3. The van der Waals surface area contributed by atoms with Crippen molar-refractivity contribution >= 4 is 23.1 Å². The first-order valence-corrected chi connectivity index (χ1v) is 7.44. The zero-order valence-corrected chi connectivity index (χ0v) is 12.0. The Labute approximate surface area is 106 Å². The highest BCUT2D eigenvalue weighted by molar-refractivity contribution is 7.98. The molecule has 0 aliphatic carbocycles. The maximum Gasteiger partial charge on any atom is 0.128 e. The summed E-state index contributed by atoms with van der Waals surface area (Å²) in [5.41, 5.74) is 0.919. The number of hydrogen-bond donors (Lipinski definition) is 0. The Kier molecular flexibility index (Phi) is 4.82. The van der Waals surface area contributed by atoms with Crippen LogP contribution >= 0.6 is 23.1 Å². The number of hydrogen-bond acceptors (Lipinski definition) is 4. The van der Waals surface area contributed by atoms with Gasteiger partial charge in [0, 0.05) is 11.2 Å². The third-order valence-corrected chi connectivity index (χ3v) is 4.37. The maximum atomic E-state index is 9.08. The SMILES string of the molecule is CCCSCc1nc(C(C)(C)C)c(C#N)s1. The Balaban J connectivity index is 2.83. The lowest BCUT2D eigenvalue weighted by Gasteiger charge is -2.15. The van der Waals surface area contributed by atoms with E-state index in [9.17, 15) is 0 Å². The van der Waals surface area contributed by atoms with Gasteiger partial charge in [0.15, 0.2) is 0 Å². The normalized spacial score (nSPS) is 11.4. The van der Waals surface area contributed by atoms with Crippen molar-refractivity contribution < 1.29 is 0 Å². The number of aromatic nitrogens is 1. The van der Waals surface area contributed by atoms with Crippen molar-refractivity contribution in [3.63, 3.8) is 0 Å². The molecule has 1 aromatic rings. The molecule has 0 aromatic carbocycles. The van der Waals surface area contributed by atoms with E-state index in [4.69, 9.17) is 5.26 Å². The van der Waals surface area contributed by atoms with Gasteiger partial charge in [-0.1, -0.05) is 27.7 Å². The molecule has 0 bridgehead atoms. The first-order valence-electron chi connectivity index (χ1n) is 5.47. The first-order chi connectivity index (χ1) is 7.49. The quantitative estimate of drug-likeness (QED) is 0.763. The van der Waals surface area contributed by atoms with Crippen molar-refractivity contribution in [3.8, 4) is 6.07 Å². The molecular weight excluding hydrogens is 236 g/mol. The summed E-state index contributed by atoms with van der Waals surface area (Å²) in [5.74, 6) is 2.09. The van der Waals surface area contributed by atoms with E-state index < -0.39 is 0 Å². The molecule has 4 heteroatoms. The summed E-state index contributed by atoms with van der Waals surface area (Å²) in [6.45, 7) is 8.49. The summed E-state index contributed by atoms with van der Waals surface area (Å²) in [5, 5.41) is 10.2. The van der Waals surface area contributed by atoms with Gasteiger partial charge in [-0.25, -0.2) is 4.98 Å². The fraction of sp³-hybridized carbons (Fsp3) is 0.667. The van der Waals surface area contributed by atoms with Gasteiger partial charge >= 0.3 is 0 Å². The van der Waals surface area contributed by atoms with Crippen LogP contribution in [0.3, 0.4) is 0 Å². The van der Waals surface area contributed by atoms with E-state index in [0.717, 1.165) is 27.1 Å². The molecule has 88 valence electrons. The molecule has 2 nitrogen and oxygen atoms in total. The Morgan fingerprint density at radius 2 is 2.12 bits per heavy atom. The Bertz CT molecular complexity index is 383. The van der Waals surface area contributed by atoms with E-state index in [1.165, 1.54) is 6.42 Å². The molecule has 0 amide bonds. The minimum atomic E-state index is -0.0325. The zero-order chi connectivity index (χ0) is 12.2. The van der Waals surface area contributed by atoms with Crippen molar-refractivity contribution in [3.05, 3.63) is 15.6 Å². The molecular formula is C12H18N2S2. The van der Waals surface area contributed by atoms with Crippen LogP contribution in [-0.4, -0.2) is 10.7 Å². The van der Waals surface area contributed by atoms with Gasteiger partial charge < -0.3 is 0 Å². The van der Waals surface area contributed by atoms with Crippen LogP contribution in [0.1, 0.15) is 49.7 Å². The first kappa shape index (κ1) is 13.5. The summed E-state index contributed by atoms with van der Waals surface area (Å²) >= 11 is 3.43. The molecule has 0 unspecified atom stereocenters. The molecule has 16 heavy (non-hydrogen) atoms. The fourth-order valence-electron chi connectivity index (χ4n) is 1.31. The summed E-state index contributed by atoms with van der Waals surface area (Å²) in [6, 6.07) is 2.26. The van der Waals surface area contributed by atoms with E-state index in [0.29, 0.717) is 0 Å². The lowest BCUT2D eigenvalue weighted by Crippen LogP contribution is -2.13. The highest BCUT2D eigenvalue weighted by Gasteiger charge is 2.23. The van der Waals surface area contributed by atoms with Gasteiger partial charge in [-0.2, -0.15) is 17.0 Å². The second kappa shape index (κ2) is 5.70. The molecule has 1 aromatic heterocycles. The standard InChI is InChI=1S/C12H18N2S2/c1-5-6-15-8-10-14-11(12(2,3)4)9(7-13)16-10/h5-6,8H2,1-4H3. The average molecular weight is 254 g/mol. The molecule has 1 rings (SSSR count). The molecule has 0 fully saturated rings. The fourth-order valence-corrected chi connectivity index (χ4v) is 3.34. The lowest BCUT2D eigenvalue weighted by molar-refractivity contribution is 0.570. The third-order valence-electron chi connectivity index (χ3n) is 2.06. The molecule has 0 aliphatic rings. The minimum Gasteiger partial charge on any atom is -0.243 e. The Morgan fingerprint density at radius 1 is 1.44 bits per heavy atom. The van der Waals surface area contributed by atoms with Crippen molar-refractivity contribution in [2.45, 2.75) is 45.3 Å². The van der Waals surface area contributed by atoms with E-state index >= 15 is 0 Å². The highest BCUT2D eigenvalue weighted by Crippen LogP contribution is 2.30. The summed E-state index contributed by atoms with van der Waals surface area (Å²) < 4.78 is 0. The molecule has 0 radical (unpaired) electrons. The summed E-state index contributed by atoms with van der Waals surface area (Å²) in [6.07, 6.45) is 1.19. The predicted molar refractivity (Wildman–Crippen MR) is 72.0 cm³/mol. The van der Waals surface area contributed by atoms with E-state index in [-0.39, 0.29) is 5.41 Å². The van der Waals surface area contributed by atoms with Crippen molar-refractivity contribution in [1.29, 1.82) is 5.26 Å². The number of thiazole rings is 1. The third kappa shape index (κ3) is 3.50. The number of nitrogens with zero attached hydrogens (tertiary/aromatic N) is 2. The Hall–Kier alpha value is -0.530. The van der Waals surface area contributed by atoms with Gasteiger partial charge in [0.2, 0.25) is 0 Å². The molecule has 0 saturated heterocycles. The Morgan fingerprint density at radius 3 is 2.56 bits per heavy atom. The van der Waals surface area contributed by atoms with E-state index in [1.54, 1.807) is 11.3 Å². The van der Waals surface area contributed by atoms with Crippen LogP contribution in [0.15, 0.2) is 0 Å². The predicted octanol–water partition coefficient (Wildman–Crippen LogP) is 3.96. The molecule has 0 saturated carbocycles. The van der Waals surface area contributed by atoms with Gasteiger partial charge in [-0.15, -0.1) is 11.3 Å². The number of nitriles is 1. The number of thioether (sulfide) groups is 1. The minimum absolute atomic E-state index is 0.0325. The van der Waals surface area contributed by atoms with Gasteiger partial charge in [-0.05, 0) is 12.2 Å². The van der Waals surface area contributed by atoms with E-state index in [2.05, 4.69) is 38.7 Å². The van der Waals surface area contributed by atoms with Crippen LogP contribution in [0.4, 0.5) is 0 Å². The van der Waals surface area contributed by atoms with Crippen LogP contribution in [0.2, 0.25) is 0 Å². The van der Waals surface area contributed by atoms with Gasteiger partial charge in [0.1, 0.15) is 16.0 Å². The topological polar surface area (TPSA) is 36.7 Å². The van der Waals surface area contributed by atoms with Crippen LogP contribution in [0, 0.1) is 11.3 Å².